The summed E-state index contributed by atoms with van der Waals surface area (Å²) in [5.74, 6) is -0.278. The summed E-state index contributed by atoms with van der Waals surface area (Å²) in [5.41, 5.74) is -0.302. The first-order valence-electron chi connectivity index (χ1n) is 9.11. The van der Waals surface area contributed by atoms with E-state index in [0.29, 0.717) is 31.0 Å². The summed E-state index contributed by atoms with van der Waals surface area (Å²) in [5, 5.41) is 12.2. The van der Waals surface area contributed by atoms with Crippen molar-refractivity contribution in [2.45, 2.75) is 38.7 Å². The number of hydrogen-bond donors (Lipinski definition) is 2. The highest BCUT2D eigenvalue weighted by Gasteiger charge is 2.42. The molecule has 0 radical (unpaired) electrons. The Labute approximate surface area is 153 Å². The molecule has 0 aromatic heterocycles. The maximum absolute atomic E-state index is 12.5. The molecule has 142 valence electrons. The second-order valence-corrected chi connectivity index (χ2v) is 7.26. The summed E-state index contributed by atoms with van der Waals surface area (Å²) < 4.78 is 11.5. The second kappa shape index (κ2) is 7.95. The van der Waals surface area contributed by atoms with Gasteiger partial charge in [-0.25, -0.2) is 4.79 Å². The van der Waals surface area contributed by atoms with E-state index < -0.39 is 11.4 Å². The lowest BCUT2D eigenvalue weighted by molar-refractivity contribution is -0.146. The van der Waals surface area contributed by atoms with Crippen LogP contribution < -0.4 is 10.1 Å². The number of carboxylic acid groups (broad SMARTS) is 1. The van der Waals surface area contributed by atoms with Crippen LogP contribution in [0.2, 0.25) is 0 Å². The van der Waals surface area contributed by atoms with E-state index in [4.69, 9.17) is 9.47 Å². The normalized spacial score (nSPS) is 25.7. The Kier molecular flexibility index (Phi) is 5.66. The topological polar surface area (TPSA) is 88.1 Å². The zero-order valence-electron chi connectivity index (χ0n) is 15.1. The van der Waals surface area contributed by atoms with Crippen molar-refractivity contribution >= 4 is 17.7 Å². The molecule has 2 amide bonds. The van der Waals surface area contributed by atoms with Gasteiger partial charge in [0.2, 0.25) is 0 Å². The predicted octanol–water partition coefficient (Wildman–Crippen LogP) is 2.96. The van der Waals surface area contributed by atoms with Crippen molar-refractivity contribution in [2.75, 3.05) is 31.6 Å². The average molecular weight is 362 g/mol. The molecule has 7 nitrogen and oxygen atoms in total. The fourth-order valence-electron chi connectivity index (χ4n) is 3.32. The van der Waals surface area contributed by atoms with Crippen molar-refractivity contribution < 1.29 is 24.2 Å². The molecule has 0 spiro atoms. The van der Waals surface area contributed by atoms with Crippen LogP contribution in [0.1, 0.15) is 32.6 Å². The van der Waals surface area contributed by atoms with Crippen molar-refractivity contribution in [1.82, 2.24) is 4.90 Å². The number of nitrogens with one attached hydrogen (secondary N) is 1. The van der Waals surface area contributed by atoms with Gasteiger partial charge in [-0.1, -0.05) is 12.1 Å². The number of amides is 2. The Bertz CT molecular complexity index is 659. The van der Waals surface area contributed by atoms with Gasteiger partial charge in [-0.3, -0.25) is 4.79 Å². The summed E-state index contributed by atoms with van der Waals surface area (Å²) in [6.45, 7) is 3.52. The van der Waals surface area contributed by atoms with Crippen molar-refractivity contribution in [3.8, 4) is 5.75 Å². The van der Waals surface area contributed by atoms with Gasteiger partial charge in [-0.2, -0.15) is 0 Å². The average Bonchev–Trinajstić information content (AvgIpc) is 3.06. The van der Waals surface area contributed by atoms with Gasteiger partial charge in [0.25, 0.3) is 0 Å². The van der Waals surface area contributed by atoms with Crippen molar-refractivity contribution in [2.24, 2.45) is 5.41 Å². The van der Waals surface area contributed by atoms with Gasteiger partial charge in [0, 0.05) is 19.7 Å². The van der Waals surface area contributed by atoms with Crippen LogP contribution in [0.15, 0.2) is 24.3 Å². The monoisotopic (exact) mass is 362 g/mol. The third kappa shape index (κ3) is 4.27. The van der Waals surface area contributed by atoms with Gasteiger partial charge >= 0.3 is 12.0 Å². The summed E-state index contributed by atoms with van der Waals surface area (Å²) in [4.78, 5) is 25.4. The van der Waals surface area contributed by atoms with Gasteiger partial charge in [-0.15, -0.1) is 0 Å². The van der Waals surface area contributed by atoms with Gasteiger partial charge in [0.1, 0.15) is 12.4 Å². The molecule has 2 aliphatic heterocycles. The van der Waals surface area contributed by atoms with Crippen molar-refractivity contribution in [1.29, 1.82) is 0 Å². The molecule has 1 aromatic rings. The van der Waals surface area contributed by atoms with Gasteiger partial charge in [0.05, 0.1) is 17.2 Å². The molecule has 3 rings (SSSR count). The summed E-state index contributed by atoms with van der Waals surface area (Å²) >= 11 is 0. The number of likely N-dealkylation sites (tertiary alicyclic amines) is 1. The largest absolute Gasteiger partial charge is 0.489 e. The smallest absolute Gasteiger partial charge is 0.321 e. The number of carbonyl (C=O) groups is 2. The first-order valence-corrected chi connectivity index (χ1v) is 9.11. The van der Waals surface area contributed by atoms with Crippen LogP contribution >= 0.6 is 0 Å². The number of carboxylic acids is 1. The summed E-state index contributed by atoms with van der Waals surface area (Å²) in [6, 6.07) is 6.96. The molecular formula is C19H26N2O5. The molecule has 0 saturated carbocycles. The van der Waals surface area contributed by atoms with Crippen LogP contribution in [-0.4, -0.2) is 54.4 Å². The second-order valence-electron chi connectivity index (χ2n) is 7.26. The SMILES string of the molecule is CC1(C(=O)O)CCN(C(=O)Nc2ccccc2OCC2CCCCO2)C1. The fraction of sp³-hybridized carbons (Fsp3) is 0.579. The van der Waals surface area contributed by atoms with Crippen LogP contribution in [0.4, 0.5) is 10.5 Å². The highest BCUT2D eigenvalue weighted by molar-refractivity contribution is 5.91. The van der Waals surface area contributed by atoms with E-state index in [1.54, 1.807) is 13.0 Å². The molecule has 2 atom stereocenters. The number of rotatable bonds is 5. The number of para-hydroxylation sites is 2. The van der Waals surface area contributed by atoms with Crippen molar-refractivity contribution in [3.05, 3.63) is 24.3 Å². The standard InChI is InChI=1S/C19H26N2O5/c1-19(17(22)23)9-10-21(13-19)18(24)20-15-7-2-3-8-16(15)26-12-14-6-4-5-11-25-14/h2-3,7-8,14H,4-6,9-13H2,1H3,(H,20,24)(H,22,23). The molecule has 2 aliphatic rings. The number of urea groups is 1. The highest BCUT2D eigenvalue weighted by atomic mass is 16.5. The van der Waals surface area contributed by atoms with E-state index in [0.717, 1.165) is 25.9 Å². The minimum Gasteiger partial charge on any atom is -0.489 e. The Morgan fingerprint density at radius 2 is 2.19 bits per heavy atom. The molecule has 0 aliphatic carbocycles. The van der Waals surface area contributed by atoms with Crippen molar-refractivity contribution in [3.63, 3.8) is 0 Å². The minimum atomic E-state index is -0.883. The van der Waals surface area contributed by atoms with Crippen LogP contribution in [0.5, 0.6) is 5.75 Å². The maximum atomic E-state index is 12.5. The molecule has 2 saturated heterocycles. The molecule has 2 heterocycles. The van der Waals surface area contributed by atoms with Gasteiger partial charge in [-0.05, 0) is 44.7 Å². The lowest BCUT2D eigenvalue weighted by Gasteiger charge is -2.24. The number of ether oxygens (including phenoxy) is 2. The third-order valence-corrected chi connectivity index (χ3v) is 5.10. The Hall–Kier alpha value is -2.28. The zero-order chi connectivity index (χ0) is 18.6. The number of carbonyl (C=O) groups excluding carboxylic acids is 1. The van der Waals surface area contributed by atoms with E-state index in [1.807, 2.05) is 18.2 Å². The number of anilines is 1. The van der Waals surface area contributed by atoms with E-state index in [9.17, 15) is 14.7 Å². The van der Waals surface area contributed by atoms with Gasteiger partial charge in [0.15, 0.2) is 0 Å². The Morgan fingerprint density at radius 3 is 2.88 bits per heavy atom. The molecule has 2 unspecified atom stereocenters. The van der Waals surface area contributed by atoms with Crippen LogP contribution in [0.3, 0.4) is 0 Å². The molecule has 0 bridgehead atoms. The van der Waals surface area contributed by atoms with Crippen LogP contribution in [0, 0.1) is 5.41 Å². The predicted molar refractivity (Wildman–Crippen MR) is 96.5 cm³/mol. The Balaban J connectivity index is 1.59. The quantitative estimate of drug-likeness (QED) is 0.841. The third-order valence-electron chi connectivity index (χ3n) is 5.10. The Morgan fingerprint density at radius 1 is 1.38 bits per heavy atom. The highest BCUT2D eigenvalue weighted by Crippen LogP contribution is 2.31. The molecule has 2 N–H and O–H groups in total. The lowest BCUT2D eigenvalue weighted by atomic mass is 9.90. The number of nitrogens with zero attached hydrogens (tertiary/aromatic N) is 1. The first kappa shape index (κ1) is 18.5. The van der Waals surface area contributed by atoms with Crippen LogP contribution in [0.25, 0.3) is 0 Å². The van der Waals surface area contributed by atoms with E-state index >= 15 is 0 Å². The van der Waals surface area contributed by atoms with E-state index in [2.05, 4.69) is 5.32 Å². The molecule has 7 heteroatoms. The molecule has 1 aromatic carbocycles. The number of hydrogen-bond acceptors (Lipinski definition) is 4. The van der Waals surface area contributed by atoms with E-state index in [1.165, 1.54) is 4.90 Å². The fourth-order valence-corrected chi connectivity index (χ4v) is 3.32. The molecule has 2 fully saturated rings. The number of aliphatic carboxylic acids is 1. The lowest BCUT2D eigenvalue weighted by Crippen LogP contribution is -2.37. The summed E-state index contributed by atoms with van der Waals surface area (Å²) in [7, 11) is 0. The molecular weight excluding hydrogens is 336 g/mol. The maximum Gasteiger partial charge on any atom is 0.321 e. The van der Waals surface area contributed by atoms with Crippen LogP contribution in [-0.2, 0) is 9.53 Å². The first-order chi connectivity index (χ1) is 12.5. The number of benzene rings is 1. The molecule has 26 heavy (non-hydrogen) atoms. The van der Waals surface area contributed by atoms with Gasteiger partial charge < -0.3 is 24.8 Å². The minimum absolute atomic E-state index is 0.0855. The van der Waals surface area contributed by atoms with E-state index in [-0.39, 0.29) is 18.7 Å². The summed E-state index contributed by atoms with van der Waals surface area (Å²) in [6.07, 6.45) is 3.75. The zero-order valence-corrected chi connectivity index (χ0v) is 15.1.